The average molecular weight is 651 g/mol. The van der Waals surface area contributed by atoms with Gasteiger partial charge in [0.2, 0.25) is 12.0 Å². The molecule has 1 aromatic rings. The van der Waals surface area contributed by atoms with E-state index >= 15 is 0 Å². The van der Waals surface area contributed by atoms with Gasteiger partial charge < -0.3 is 40.2 Å². The van der Waals surface area contributed by atoms with Gasteiger partial charge in [0, 0.05) is 7.11 Å². The molecular formula is C26H38N2O17. The second-order valence-electron chi connectivity index (χ2n) is 9.82. The second kappa shape index (κ2) is 18.4. The minimum absolute atomic E-state index is 0.0343. The van der Waals surface area contributed by atoms with Crippen LogP contribution in [-0.2, 0) is 54.8 Å². The van der Waals surface area contributed by atoms with Crippen LogP contribution in [0.25, 0.3) is 0 Å². The van der Waals surface area contributed by atoms with Gasteiger partial charge in [-0.2, -0.15) is 0 Å². The Morgan fingerprint density at radius 2 is 1.67 bits per heavy atom. The van der Waals surface area contributed by atoms with E-state index in [0.29, 0.717) is 0 Å². The standard InChI is InChI=1S/C26H38N2O17/c1-26(13-29,38-2)22(31)17(30)18(42-35)19(43-36)20(44-37)21(45-39-3)24(33)28-16-10-9-15(11-27-23(16)32)41-25(34)40-12-14-7-5-4-6-8-14/h4-8,15-16,18-21,29-31,35-37H,9-13H2,1-3H3,(H,27,32)(H,28,33)/b22-17+/t15-,16+,18+,19-,20-,21-,26?/m1/s1. The number of benzene rings is 1. The largest absolute Gasteiger partial charge is 0.508 e. The molecule has 1 heterocycles. The van der Waals surface area contributed by atoms with Gasteiger partial charge in [-0.3, -0.25) is 25.4 Å². The van der Waals surface area contributed by atoms with Crippen molar-refractivity contribution in [3.63, 3.8) is 0 Å². The van der Waals surface area contributed by atoms with E-state index in [9.17, 15) is 45.5 Å². The fourth-order valence-corrected chi connectivity index (χ4v) is 4.14. The lowest BCUT2D eigenvalue weighted by Gasteiger charge is -2.32. The molecule has 1 aliphatic rings. The van der Waals surface area contributed by atoms with E-state index in [2.05, 4.69) is 30.2 Å². The molecule has 254 valence electrons. The Labute approximate surface area is 256 Å². The number of carbonyl (C=O) groups excluding carboxylic acids is 3. The molecule has 2 rings (SSSR count). The number of hydrogen-bond donors (Lipinski definition) is 8. The summed E-state index contributed by atoms with van der Waals surface area (Å²) >= 11 is 0. The number of rotatable bonds is 17. The Morgan fingerprint density at radius 1 is 1.02 bits per heavy atom. The smallest absolute Gasteiger partial charge is 0.506 e. The first kappa shape index (κ1) is 37.6. The van der Waals surface area contributed by atoms with E-state index in [0.717, 1.165) is 26.7 Å². The molecular weight excluding hydrogens is 612 g/mol. The van der Waals surface area contributed by atoms with Gasteiger partial charge in [-0.1, -0.05) is 30.3 Å². The van der Waals surface area contributed by atoms with Gasteiger partial charge in [0.15, 0.2) is 29.8 Å². The molecule has 0 spiro atoms. The zero-order valence-corrected chi connectivity index (χ0v) is 24.6. The van der Waals surface area contributed by atoms with Crippen LogP contribution < -0.4 is 10.6 Å². The molecule has 0 bridgehead atoms. The third-order valence-electron chi connectivity index (χ3n) is 6.88. The average Bonchev–Trinajstić information content (AvgIpc) is 3.22. The number of hydrogen-bond acceptors (Lipinski definition) is 17. The second-order valence-corrected chi connectivity index (χ2v) is 9.82. The van der Waals surface area contributed by atoms with E-state index < -0.39 is 78.3 Å². The maximum Gasteiger partial charge on any atom is 0.508 e. The SMILES string of the molecule is COO[C@@H](C(=O)N[C@H]1CC[C@@H](OC(=O)OCc2ccccc2)CNC1=O)[C@H](OO)[C@H](OO)[C@@H](OO)/C(O)=C(\O)C(C)(CO)OC. The number of methoxy groups -OCH3 is 1. The van der Waals surface area contributed by atoms with Crippen LogP contribution in [0.15, 0.2) is 41.9 Å². The van der Waals surface area contributed by atoms with Crippen molar-refractivity contribution in [2.45, 2.75) is 68.5 Å². The predicted octanol–water partition coefficient (Wildman–Crippen LogP) is 0.349. The van der Waals surface area contributed by atoms with Crippen molar-refractivity contribution in [3.8, 4) is 0 Å². The summed E-state index contributed by atoms with van der Waals surface area (Å²) in [6, 6.07) is 7.60. The molecule has 0 saturated carbocycles. The van der Waals surface area contributed by atoms with Crippen molar-refractivity contribution in [2.24, 2.45) is 0 Å². The highest BCUT2D eigenvalue weighted by Gasteiger charge is 2.48. The van der Waals surface area contributed by atoms with Crippen molar-refractivity contribution < 1.29 is 84.1 Å². The molecule has 1 saturated heterocycles. The molecule has 2 amide bonds. The molecule has 0 aliphatic carbocycles. The van der Waals surface area contributed by atoms with Crippen LogP contribution in [-0.4, -0.2) is 119 Å². The maximum absolute atomic E-state index is 13.2. The van der Waals surface area contributed by atoms with E-state index in [1.54, 1.807) is 30.3 Å². The summed E-state index contributed by atoms with van der Waals surface area (Å²) in [5, 5.41) is 63.9. The number of aliphatic hydroxyl groups excluding tert-OH is 3. The van der Waals surface area contributed by atoms with E-state index in [4.69, 9.17) is 19.1 Å². The maximum atomic E-state index is 13.2. The summed E-state index contributed by atoms with van der Waals surface area (Å²) in [5.41, 5.74) is -1.21. The quantitative estimate of drug-likeness (QED) is 0.0489. The van der Waals surface area contributed by atoms with Crippen LogP contribution in [0, 0.1) is 0 Å². The number of amides is 2. The highest BCUT2D eigenvalue weighted by atomic mass is 17.2. The van der Waals surface area contributed by atoms with E-state index in [1.165, 1.54) is 0 Å². The normalized spacial score (nSPS) is 21.5. The Balaban J connectivity index is 2.15. The topological polar surface area (TPSA) is 270 Å². The first-order chi connectivity index (χ1) is 21.5. The summed E-state index contributed by atoms with van der Waals surface area (Å²) in [6.45, 7) is 0.107. The minimum Gasteiger partial charge on any atom is -0.506 e. The number of nitrogens with one attached hydrogen (secondary N) is 2. The third kappa shape index (κ3) is 10.2. The van der Waals surface area contributed by atoms with Crippen molar-refractivity contribution in [3.05, 3.63) is 47.4 Å². The van der Waals surface area contributed by atoms with Gasteiger partial charge in [0.1, 0.15) is 24.4 Å². The van der Waals surface area contributed by atoms with Crippen LogP contribution in [0.4, 0.5) is 4.79 Å². The van der Waals surface area contributed by atoms with Crippen molar-refractivity contribution in [2.75, 3.05) is 27.4 Å². The molecule has 1 unspecified atom stereocenters. The number of carbonyl (C=O) groups is 3. The zero-order chi connectivity index (χ0) is 33.6. The summed E-state index contributed by atoms with van der Waals surface area (Å²) in [5.74, 6) is -4.29. The van der Waals surface area contributed by atoms with Gasteiger partial charge in [-0.25, -0.2) is 29.2 Å². The summed E-state index contributed by atoms with van der Waals surface area (Å²) in [4.78, 5) is 60.0. The zero-order valence-electron chi connectivity index (χ0n) is 24.6. The summed E-state index contributed by atoms with van der Waals surface area (Å²) in [6.07, 6.45) is -10.7. The monoisotopic (exact) mass is 650 g/mol. The summed E-state index contributed by atoms with van der Waals surface area (Å²) in [7, 11) is 2.02. The number of aliphatic hydroxyl groups is 3. The molecule has 1 fully saturated rings. The molecule has 19 heteroatoms. The molecule has 0 aromatic heterocycles. The fourth-order valence-electron chi connectivity index (χ4n) is 4.14. The predicted molar refractivity (Wildman–Crippen MR) is 145 cm³/mol. The van der Waals surface area contributed by atoms with Crippen LogP contribution in [0.3, 0.4) is 0 Å². The fraction of sp³-hybridized carbons (Fsp3) is 0.577. The van der Waals surface area contributed by atoms with E-state index in [-0.39, 0.29) is 26.0 Å². The molecule has 1 aromatic carbocycles. The molecule has 0 radical (unpaired) electrons. The van der Waals surface area contributed by atoms with Crippen LogP contribution in [0.1, 0.15) is 25.3 Å². The molecule has 45 heavy (non-hydrogen) atoms. The van der Waals surface area contributed by atoms with Crippen molar-refractivity contribution >= 4 is 18.0 Å². The third-order valence-corrected chi connectivity index (χ3v) is 6.88. The van der Waals surface area contributed by atoms with Gasteiger partial charge in [0.05, 0.1) is 20.3 Å². The first-order valence-corrected chi connectivity index (χ1v) is 13.3. The molecule has 8 N–H and O–H groups in total. The van der Waals surface area contributed by atoms with Crippen LogP contribution in [0.5, 0.6) is 0 Å². The van der Waals surface area contributed by atoms with Crippen molar-refractivity contribution in [1.29, 1.82) is 0 Å². The highest BCUT2D eigenvalue weighted by molar-refractivity contribution is 5.89. The van der Waals surface area contributed by atoms with Crippen molar-refractivity contribution in [1.82, 2.24) is 10.6 Å². The van der Waals surface area contributed by atoms with Crippen LogP contribution >= 0.6 is 0 Å². The van der Waals surface area contributed by atoms with Gasteiger partial charge >= 0.3 is 6.16 Å². The molecule has 7 atom stereocenters. The molecule has 19 nitrogen and oxygen atoms in total. The number of ether oxygens (including phenoxy) is 3. The lowest BCUT2D eigenvalue weighted by Crippen LogP contribution is -2.57. The Morgan fingerprint density at radius 3 is 2.22 bits per heavy atom. The minimum atomic E-state index is -2.32. The Hall–Kier alpha value is -3.63. The van der Waals surface area contributed by atoms with Gasteiger partial charge in [-0.15, -0.1) is 0 Å². The Bertz CT molecular complexity index is 1120. The van der Waals surface area contributed by atoms with Gasteiger partial charge in [0.25, 0.3) is 5.91 Å². The van der Waals surface area contributed by atoms with E-state index in [1.807, 2.05) is 0 Å². The van der Waals surface area contributed by atoms with Gasteiger partial charge in [-0.05, 0) is 25.3 Å². The summed E-state index contributed by atoms with van der Waals surface area (Å²) < 4.78 is 15.3. The lowest BCUT2D eigenvalue weighted by atomic mass is 9.96. The molecule has 1 aliphatic heterocycles. The first-order valence-electron chi connectivity index (χ1n) is 13.3. The lowest BCUT2D eigenvalue weighted by molar-refractivity contribution is -0.419. The highest BCUT2D eigenvalue weighted by Crippen LogP contribution is 2.27. The van der Waals surface area contributed by atoms with Crippen LogP contribution in [0.2, 0.25) is 0 Å². The Kier molecular flexibility index (Phi) is 15.3.